The van der Waals surface area contributed by atoms with E-state index in [0.717, 1.165) is 39.9 Å². The molecule has 1 fully saturated rings. The fourth-order valence-electron chi connectivity index (χ4n) is 4.70. The quantitative estimate of drug-likeness (QED) is 0.404. The van der Waals surface area contributed by atoms with Crippen molar-refractivity contribution in [2.24, 2.45) is 23.0 Å². The Balaban J connectivity index is 1.27. The Labute approximate surface area is 224 Å². The number of nitrogens with zero attached hydrogens (tertiary/aromatic N) is 5. The van der Waals surface area contributed by atoms with E-state index in [4.69, 9.17) is 9.73 Å². The number of thiazole rings is 1. The first-order valence-corrected chi connectivity index (χ1v) is 13.1. The molecule has 4 heterocycles. The fourth-order valence-corrected chi connectivity index (χ4v) is 5.41. The Morgan fingerprint density at radius 2 is 2.05 bits per heavy atom. The molecule has 14 heteroatoms. The van der Waals surface area contributed by atoms with Crippen molar-refractivity contribution in [1.82, 2.24) is 25.2 Å². The molecule has 3 aromatic rings. The number of allylic oxidation sites excluding steroid dienone is 1. The summed E-state index contributed by atoms with van der Waals surface area (Å²) in [6.45, 7) is 0.574. The summed E-state index contributed by atoms with van der Waals surface area (Å²) >= 11 is 1.44. The molecular formula is C25H24F4N8OS. The molecule has 1 atom stereocenters. The van der Waals surface area contributed by atoms with Crippen LogP contribution >= 0.6 is 11.3 Å². The summed E-state index contributed by atoms with van der Waals surface area (Å²) in [5, 5.41) is 11.1. The van der Waals surface area contributed by atoms with E-state index >= 15 is 4.39 Å². The lowest BCUT2D eigenvalue weighted by molar-refractivity contribution is -0.140. The summed E-state index contributed by atoms with van der Waals surface area (Å²) in [4.78, 5) is 17.2. The molecule has 2 aliphatic heterocycles. The first-order chi connectivity index (χ1) is 18.7. The van der Waals surface area contributed by atoms with Crippen LogP contribution in [0.4, 0.5) is 22.6 Å². The third-order valence-corrected chi connectivity index (χ3v) is 7.45. The van der Waals surface area contributed by atoms with E-state index in [0.29, 0.717) is 35.6 Å². The second-order valence-electron chi connectivity index (χ2n) is 9.39. The zero-order valence-corrected chi connectivity index (χ0v) is 21.8. The van der Waals surface area contributed by atoms with Crippen LogP contribution in [-0.2, 0) is 24.5 Å². The topological polar surface area (TPSA) is 101 Å². The normalized spacial score (nSPS) is 20.2. The van der Waals surface area contributed by atoms with Crippen molar-refractivity contribution in [3.63, 3.8) is 0 Å². The maximum absolute atomic E-state index is 15.0. The number of rotatable bonds is 5. The summed E-state index contributed by atoms with van der Waals surface area (Å²) in [6, 6.07) is 4.30. The molecular weight excluding hydrogens is 536 g/mol. The molecule has 0 spiro atoms. The van der Waals surface area contributed by atoms with Gasteiger partial charge in [0, 0.05) is 18.9 Å². The lowest BCUT2D eigenvalue weighted by atomic mass is 10.0. The first-order valence-electron chi connectivity index (χ1n) is 12.2. The number of hydrogen-bond acceptors (Lipinski definition) is 8. The summed E-state index contributed by atoms with van der Waals surface area (Å²) in [5.41, 5.74) is 3.79. The highest BCUT2D eigenvalue weighted by atomic mass is 32.1. The van der Waals surface area contributed by atoms with Gasteiger partial charge in [-0.3, -0.25) is 4.99 Å². The van der Waals surface area contributed by atoms with Crippen LogP contribution in [0.3, 0.4) is 0 Å². The average Bonchev–Trinajstić information content (AvgIpc) is 3.51. The monoisotopic (exact) mass is 560 g/mol. The highest BCUT2D eigenvalue weighted by Gasteiger charge is 2.38. The molecule has 204 valence electrons. The summed E-state index contributed by atoms with van der Waals surface area (Å²) in [6.07, 6.45) is -1.95. The lowest BCUT2D eigenvalue weighted by Crippen LogP contribution is -2.50. The molecule has 6 rings (SSSR count). The number of fused-ring (bicyclic) bond motifs is 1. The zero-order valence-electron chi connectivity index (χ0n) is 20.9. The molecule has 0 radical (unpaired) electrons. The first kappa shape index (κ1) is 25.3. The van der Waals surface area contributed by atoms with Gasteiger partial charge in [-0.05, 0) is 36.5 Å². The lowest BCUT2D eigenvalue weighted by Gasteiger charge is -2.32. The van der Waals surface area contributed by atoms with Gasteiger partial charge in [-0.2, -0.15) is 13.2 Å². The molecule has 1 aliphatic carbocycles. The van der Waals surface area contributed by atoms with E-state index in [2.05, 4.69) is 30.9 Å². The fraction of sp³-hybridized carbons (Fsp3) is 0.360. The number of methoxy groups -OCH3 is 1. The summed E-state index contributed by atoms with van der Waals surface area (Å²) in [7, 11) is 2.99. The molecule has 1 saturated carbocycles. The SMILES string of the molecule is COC1=NCNC(C2CC2)=C1C1NC(=NCc2ccc(-c3nc(C(F)(F)F)cn3C)c(F)c2)c2ncsc2N1. The van der Waals surface area contributed by atoms with Crippen molar-refractivity contribution in [3.05, 3.63) is 63.9 Å². The second kappa shape index (κ2) is 9.67. The molecule has 1 unspecified atom stereocenters. The number of amidine groups is 1. The summed E-state index contributed by atoms with van der Waals surface area (Å²) in [5.74, 6) is 0.716. The van der Waals surface area contributed by atoms with Gasteiger partial charge in [0.05, 0.1) is 30.3 Å². The minimum absolute atomic E-state index is 0.0260. The van der Waals surface area contributed by atoms with Crippen LogP contribution in [0.25, 0.3) is 11.4 Å². The van der Waals surface area contributed by atoms with E-state index in [-0.39, 0.29) is 24.1 Å². The predicted molar refractivity (Wildman–Crippen MR) is 139 cm³/mol. The zero-order chi connectivity index (χ0) is 27.3. The number of halogens is 4. The molecule has 0 saturated heterocycles. The number of nitrogens with one attached hydrogen (secondary N) is 3. The van der Waals surface area contributed by atoms with Crippen LogP contribution in [0.2, 0.25) is 0 Å². The minimum atomic E-state index is -4.62. The number of anilines is 1. The second-order valence-corrected chi connectivity index (χ2v) is 10.2. The third-order valence-electron chi connectivity index (χ3n) is 6.69. The van der Waals surface area contributed by atoms with Crippen molar-refractivity contribution < 1.29 is 22.3 Å². The number of hydrogen-bond donors (Lipinski definition) is 3. The number of imidazole rings is 1. The Morgan fingerprint density at radius 3 is 2.74 bits per heavy atom. The van der Waals surface area contributed by atoms with Gasteiger partial charge in [0.25, 0.3) is 0 Å². The van der Waals surface area contributed by atoms with Gasteiger partial charge in [-0.15, -0.1) is 11.3 Å². The predicted octanol–water partition coefficient (Wildman–Crippen LogP) is 4.26. The van der Waals surface area contributed by atoms with Crippen molar-refractivity contribution in [2.75, 3.05) is 19.1 Å². The molecule has 0 amide bonds. The summed E-state index contributed by atoms with van der Waals surface area (Å²) < 4.78 is 60.9. The molecule has 0 bridgehead atoms. The highest BCUT2D eigenvalue weighted by Crippen LogP contribution is 2.39. The average molecular weight is 561 g/mol. The van der Waals surface area contributed by atoms with Crippen LogP contribution in [0, 0.1) is 11.7 Å². The number of aryl methyl sites for hydroxylation is 1. The van der Waals surface area contributed by atoms with Crippen molar-refractivity contribution >= 4 is 28.1 Å². The van der Waals surface area contributed by atoms with Gasteiger partial charge in [-0.1, -0.05) is 6.07 Å². The van der Waals surface area contributed by atoms with E-state index in [1.165, 1.54) is 30.5 Å². The molecule has 2 aromatic heterocycles. The Kier molecular flexibility index (Phi) is 6.28. The molecule has 3 aliphatic rings. The molecule has 39 heavy (non-hydrogen) atoms. The Bertz CT molecular complexity index is 1520. The maximum Gasteiger partial charge on any atom is 0.434 e. The van der Waals surface area contributed by atoms with Gasteiger partial charge in [0.1, 0.15) is 35.2 Å². The van der Waals surface area contributed by atoms with Crippen LogP contribution < -0.4 is 16.0 Å². The number of benzene rings is 1. The van der Waals surface area contributed by atoms with Gasteiger partial charge in [0.15, 0.2) is 11.5 Å². The minimum Gasteiger partial charge on any atom is -0.481 e. The number of ether oxygens (including phenoxy) is 1. The van der Waals surface area contributed by atoms with Gasteiger partial charge in [-0.25, -0.2) is 19.4 Å². The van der Waals surface area contributed by atoms with Crippen molar-refractivity contribution in [1.29, 1.82) is 0 Å². The highest BCUT2D eigenvalue weighted by molar-refractivity contribution is 7.14. The molecule has 9 nitrogen and oxygen atoms in total. The van der Waals surface area contributed by atoms with Crippen LogP contribution in [0.15, 0.2) is 51.2 Å². The van der Waals surface area contributed by atoms with E-state index in [1.807, 2.05) is 0 Å². The van der Waals surface area contributed by atoms with Gasteiger partial charge < -0.3 is 25.3 Å². The smallest absolute Gasteiger partial charge is 0.434 e. The Morgan fingerprint density at radius 1 is 1.23 bits per heavy atom. The van der Waals surface area contributed by atoms with Crippen molar-refractivity contribution in [2.45, 2.75) is 31.7 Å². The molecule has 1 aromatic carbocycles. The number of alkyl halides is 3. The van der Waals surface area contributed by atoms with E-state index < -0.39 is 17.7 Å². The Hall–Kier alpha value is -3.94. The van der Waals surface area contributed by atoms with E-state index in [1.54, 1.807) is 18.7 Å². The number of aromatic nitrogens is 3. The van der Waals surface area contributed by atoms with Gasteiger partial charge >= 0.3 is 6.18 Å². The number of aliphatic imine (C=N–C) groups is 2. The van der Waals surface area contributed by atoms with Gasteiger partial charge in [0.2, 0.25) is 5.90 Å². The molecule has 3 N–H and O–H groups in total. The van der Waals surface area contributed by atoms with Crippen LogP contribution in [0.5, 0.6) is 0 Å². The maximum atomic E-state index is 15.0. The van der Waals surface area contributed by atoms with Crippen LogP contribution in [0.1, 0.15) is 29.8 Å². The standard InChI is InChI=1S/C25H24F4N8OS/c1-37-9-16(25(27,28)29)34-22(37)14-6-3-12(7-15(14)26)8-30-21-19-24(39-11-33-19)36-20(35-21)17-18(13-4-5-13)31-10-32-23(17)38-2/h3,6-7,9,11,13,20,31,36H,4-5,8,10H2,1-2H3,(H,30,35). The van der Waals surface area contributed by atoms with Crippen molar-refractivity contribution in [3.8, 4) is 11.4 Å². The third kappa shape index (κ3) is 4.84. The van der Waals surface area contributed by atoms with E-state index in [9.17, 15) is 13.2 Å². The van der Waals surface area contributed by atoms with Crippen LogP contribution in [-0.4, -0.2) is 46.2 Å². The largest absolute Gasteiger partial charge is 0.481 e.